The van der Waals surface area contributed by atoms with Crippen molar-refractivity contribution in [1.29, 1.82) is 0 Å². The minimum Gasteiger partial charge on any atom is -0.506 e. The molecule has 38 heavy (non-hydrogen) atoms. The molecule has 2 N–H and O–H groups in total. The monoisotopic (exact) mass is 535 g/mol. The second kappa shape index (κ2) is 13.2. The Bertz CT molecular complexity index is 1370. The molecule has 196 valence electrons. The molecule has 2 aromatic heterocycles. The predicted octanol–water partition coefficient (Wildman–Crippen LogP) is 6.40. The van der Waals surface area contributed by atoms with Crippen LogP contribution in [0.1, 0.15) is 17.5 Å². The van der Waals surface area contributed by atoms with Gasteiger partial charge in [-0.3, -0.25) is 10.3 Å². The summed E-state index contributed by atoms with van der Waals surface area (Å²) in [6.45, 7) is 0.386. The van der Waals surface area contributed by atoms with Gasteiger partial charge in [0.2, 0.25) is 0 Å². The van der Waals surface area contributed by atoms with Crippen molar-refractivity contribution in [1.82, 2.24) is 9.97 Å². The molecule has 0 aliphatic carbocycles. The van der Waals surface area contributed by atoms with E-state index in [1.807, 2.05) is 0 Å². The van der Waals surface area contributed by atoms with Gasteiger partial charge in [0.1, 0.15) is 23.9 Å². The number of rotatable bonds is 11. The van der Waals surface area contributed by atoms with Crippen molar-refractivity contribution < 1.29 is 28.8 Å². The third-order valence-corrected chi connectivity index (χ3v) is 5.61. The van der Waals surface area contributed by atoms with E-state index in [0.717, 1.165) is 5.56 Å². The largest absolute Gasteiger partial charge is 0.506 e. The molecule has 0 aliphatic rings. The number of pyridine rings is 2. The first kappa shape index (κ1) is 26.6. The molecule has 2 aromatic carbocycles. The van der Waals surface area contributed by atoms with Gasteiger partial charge in [-0.2, -0.15) is 0 Å². The van der Waals surface area contributed by atoms with Gasteiger partial charge in [-0.05, 0) is 60.9 Å². The fourth-order valence-electron chi connectivity index (χ4n) is 3.50. The molecule has 4 rings (SSSR count). The van der Waals surface area contributed by atoms with Gasteiger partial charge >= 0.3 is 6.09 Å². The standard InChI is InChI=1S/C28H26ClN3O6/c1-35-21-11-9-19(10-12-21)18-37-28(34)32-24-16-30-17-25(33)23(24)7-4-14-36-26-8-3-13-31-27(26)38-22-6-2-5-20(29)15-22/h2-3,5-6,8-13,15-17,33H,4,7,14,18H2,1H3,(H,32,34). The van der Waals surface area contributed by atoms with E-state index in [1.54, 1.807) is 74.0 Å². The maximum absolute atomic E-state index is 12.4. The molecule has 0 bridgehead atoms. The number of amides is 1. The summed E-state index contributed by atoms with van der Waals surface area (Å²) in [7, 11) is 1.58. The zero-order valence-corrected chi connectivity index (χ0v) is 21.4. The van der Waals surface area contributed by atoms with E-state index in [2.05, 4.69) is 15.3 Å². The molecule has 0 aliphatic heterocycles. The Morgan fingerprint density at radius 2 is 1.89 bits per heavy atom. The van der Waals surface area contributed by atoms with Crippen molar-refractivity contribution in [3.63, 3.8) is 0 Å². The number of methoxy groups -OCH3 is 1. The second-order valence-corrected chi connectivity index (χ2v) is 8.49. The van der Waals surface area contributed by atoms with Gasteiger partial charge in [0, 0.05) is 16.8 Å². The van der Waals surface area contributed by atoms with Crippen LogP contribution in [-0.4, -0.2) is 34.9 Å². The lowest BCUT2D eigenvalue weighted by atomic mass is 10.1. The summed E-state index contributed by atoms with van der Waals surface area (Å²) in [5, 5.41) is 13.6. The van der Waals surface area contributed by atoms with Crippen molar-refractivity contribution in [3.05, 3.63) is 95.4 Å². The lowest BCUT2D eigenvalue weighted by Gasteiger charge is -2.14. The number of anilines is 1. The zero-order chi connectivity index (χ0) is 26.7. The SMILES string of the molecule is COc1ccc(COC(=O)Nc2cncc(O)c2CCCOc2cccnc2Oc2cccc(Cl)c2)cc1. The number of aromatic nitrogens is 2. The molecule has 2 heterocycles. The highest BCUT2D eigenvalue weighted by molar-refractivity contribution is 6.30. The molecule has 0 radical (unpaired) electrons. The number of hydrogen-bond donors (Lipinski definition) is 2. The molecule has 1 amide bonds. The Kier molecular flexibility index (Phi) is 9.20. The predicted molar refractivity (Wildman–Crippen MR) is 142 cm³/mol. The van der Waals surface area contributed by atoms with E-state index in [1.165, 1.54) is 12.4 Å². The highest BCUT2D eigenvalue weighted by Gasteiger charge is 2.14. The summed E-state index contributed by atoms with van der Waals surface area (Å²) < 4.78 is 22.1. The average molecular weight is 536 g/mol. The van der Waals surface area contributed by atoms with E-state index in [0.29, 0.717) is 58.9 Å². The number of ether oxygens (including phenoxy) is 4. The van der Waals surface area contributed by atoms with Crippen LogP contribution in [0.5, 0.6) is 28.9 Å². The first-order valence-corrected chi connectivity index (χ1v) is 12.1. The molecule has 0 unspecified atom stereocenters. The molecule has 0 saturated heterocycles. The van der Waals surface area contributed by atoms with Gasteiger partial charge < -0.3 is 24.1 Å². The molecule has 0 fully saturated rings. The van der Waals surface area contributed by atoms with Crippen LogP contribution in [0.2, 0.25) is 5.02 Å². The number of carbonyl (C=O) groups excluding carboxylic acids is 1. The first-order valence-electron chi connectivity index (χ1n) is 11.8. The first-order chi connectivity index (χ1) is 18.5. The van der Waals surface area contributed by atoms with Gasteiger partial charge in [0.25, 0.3) is 5.88 Å². The van der Waals surface area contributed by atoms with Crippen molar-refractivity contribution in [2.24, 2.45) is 0 Å². The lowest BCUT2D eigenvalue weighted by molar-refractivity contribution is 0.155. The van der Waals surface area contributed by atoms with Gasteiger partial charge in [-0.15, -0.1) is 0 Å². The Morgan fingerprint density at radius 1 is 1.05 bits per heavy atom. The second-order valence-electron chi connectivity index (χ2n) is 8.05. The van der Waals surface area contributed by atoms with Crippen LogP contribution in [0.4, 0.5) is 10.5 Å². The van der Waals surface area contributed by atoms with Crippen LogP contribution in [0, 0.1) is 0 Å². The maximum Gasteiger partial charge on any atom is 0.412 e. The molecule has 4 aromatic rings. The number of halogens is 1. The summed E-state index contributed by atoms with van der Waals surface area (Å²) in [4.78, 5) is 20.6. The molecular formula is C28H26ClN3O6. The van der Waals surface area contributed by atoms with Crippen LogP contribution in [0.3, 0.4) is 0 Å². The number of carbonyl (C=O) groups is 1. The highest BCUT2D eigenvalue weighted by atomic mass is 35.5. The zero-order valence-electron chi connectivity index (χ0n) is 20.6. The maximum atomic E-state index is 12.4. The fourth-order valence-corrected chi connectivity index (χ4v) is 3.68. The van der Waals surface area contributed by atoms with Crippen molar-refractivity contribution in [3.8, 4) is 28.9 Å². The summed E-state index contributed by atoms with van der Waals surface area (Å²) in [5.41, 5.74) is 1.68. The van der Waals surface area contributed by atoms with Gasteiger partial charge in [0.05, 0.1) is 31.8 Å². The van der Waals surface area contributed by atoms with Crippen LogP contribution in [0.15, 0.2) is 79.3 Å². The number of hydrogen-bond acceptors (Lipinski definition) is 8. The average Bonchev–Trinajstić information content (AvgIpc) is 2.92. The van der Waals surface area contributed by atoms with Gasteiger partial charge in [-0.1, -0.05) is 29.8 Å². The Labute approximate surface area is 224 Å². The molecule has 0 saturated carbocycles. The molecular weight excluding hydrogens is 510 g/mol. The number of benzene rings is 2. The summed E-state index contributed by atoms with van der Waals surface area (Å²) in [6.07, 6.45) is 4.66. The normalized spacial score (nSPS) is 10.5. The van der Waals surface area contributed by atoms with Crippen LogP contribution in [0.25, 0.3) is 0 Å². The van der Waals surface area contributed by atoms with Crippen molar-refractivity contribution >= 4 is 23.4 Å². The van der Waals surface area contributed by atoms with E-state index >= 15 is 0 Å². The van der Waals surface area contributed by atoms with Crippen LogP contribution >= 0.6 is 11.6 Å². The van der Waals surface area contributed by atoms with Crippen LogP contribution < -0.4 is 19.5 Å². The van der Waals surface area contributed by atoms with Crippen LogP contribution in [-0.2, 0) is 17.8 Å². The smallest absolute Gasteiger partial charge is 0.412 e. The number of nitrogens with zero attached hydrogens (tertiary/aromatic N) is 2. The van der Waals surface area contributed by atoms with E-state index < -0.39 is 6.09 Å². The Hall–Kier alpha value is -4.50. The quantitative estimate of drug-likeness (QED) is 0.212. The number of aromatic hydroxyl groups is 1. The topological polar surface area (TPSA) is 112 Å². The molecule has 9 nitrogen and oxygen atoms in total. The molecule has 0 spiro atoms. The van der Waals surface area contributed by atoms with Crippen molar-refractivity contribution in [2.45, 2.75) is 19.4 Å². The lowest BCUT2D eigenvalue weighted by Crippen LogP contribution is -2.15. The minimum absolute atomic E-state index is 0.0377. The Morgan fingerprint density at radius 3 is 2.68 bits per heavy atom. The summed E-state index contributed by atoms with van der Waals surface area (Å²) in [5.74, 6) is 1.99. The molecule has 0 atom stereocenters. The van der Waals surface area contributed by atoms with Crippen molar-refractivity contribution in [2.75, 3.05) is 19.0 Å². The number of nitrogens with one attached hydrogen (secondary N) is 1. The van der Waals surface area contributed by atoms with E-state index in [4.69, 9.17) is 30.5 Å². The summed E-state index contributed by atoms with van der Waals surface area (Å²) >= 11 is 6.03. The van der Waals surface area contributed by atoms with E-state index in [-0.39, 0.29) is 12.4 Å². The fraction of sp³-hybridized carbons (Fsp3) is 0.179. The van der Waals surface area contributed by atoms with Gasteiger partial charge in [-0.25, -0.2) is 9.78 Å². The summed E-state index contributed by atoms with van der Waals surface area (Å²) in [6, 6.07) is 17.7. The van der Waals surface area contributed by atoms with Gasteiger partial charge in [0.15, 0.2) is 5.75 Å². The van der Waals surface area contributed by atoms with E-state index in [9.17, 15) is 9.90 Å². The molecule has 10 heteroatoms. The minimum atomic E-state index is -0.663. The highest BCUT2D eigenvalue weighted by Crippen LogP contribution is 2.31. The Balaban J connectivity index is 1.31. The third-order valence-electron chi connectivity index (χ3n) is 5.38. The third kappa shape index (κ3) is 7.50.